The summed E-state index contributed by atoms with van der Waals surface area (Å²) in [7, 11) is 0. The molecule has 0 aliphatic heterocycles. The second kappa shape index (κ2) is 5.38. The van der Waals surface area contributed by atoms with E-state index in [0.717, 1.165) is 22.4 Å². The summed E-state index contributed by atoms with van der Waals surface area (Å²) >= 11 is 0. The summed E-state index contributed by atoms with van der Waals surface area (Å²) in [6, 6.07) is 18.6. The van der Waals surface area contributed by atoms with Gasteiger partial charge >= 0.3 is 0 Å². The van der Waals surface area contributed by atoms with Gasteiger partial charge in [0.15, 0.2) is 5.58 Å². The minimum atomic E-state index is 0.144. The highest BCUT2D eigenvalue weighted by Gasteiger charge is 2.14. The van der Waals surface area contributed by atoms with Gasteiger partial charge in [-0.15, -0.1) is 0 Å². The zero-order chi connectivity index (χ0) is 16.7. The molecule has 0 N–H and O–H groups in total. The first-order valence-electron chi connectivity index (χ1n) is 8.15. The summed E-state index contributed by atoms with van der Waals surface area (Å²) in [5.74, 6) is 0.662. The Labute approximate surface area is 141 Å². The van der Waals surface area contributed by atoms with Crippen LogP contribution >= 0.6 is 0 Å². The van der Waals surface area contributed by atoms with Crippen LogP contribution in [0.2, 0.25) is 0 Å². The molecule has 0 fully saturated rings. The third kappa shape index (κ3) is 2.62. The van der Waals surface area contributed by atoms with Crippen molar-refractivity contribution in [1.82, 2.24) is 9.55 Å². The van der Waals surface area contributed by atoms with Crippen LogP contribution in [0.4, 0.5) is 0 Å². The summed E-state index contributed by atoms with van der Waals surface area (Å²) < 4.78 is 8.05. The van der Waals surface area contributed by atoms with E-state index in [1.807, 2.05) is 36.7 Å². The molecular formula is C21H20N2O. The molecule has 2 aromatic carbocycles. The molecule has 0 spiro atoms. The van der Waals surface area contributed by atoms with Crippen molar-refractivity contribution in [1.29, 1.82) is 0 Å². The van der Waals surface area contributed by atoms with Gasteiger partial charge in [-0.2, -0.15) is 0 Å². The molecule has 0 atom stereocenters. The van der Waals surface area contributed by atoms with E-state index in [1.165, 1.54) is 5.56 Å². The number of oxazole rings is 1. The molecule has 0 aliphatic carbocycles. The van der Waals surface area contributed by atoms with Gasteiger partial charge in [0.1, 0.15) is 5.52 Å². The molecule has 24 heavy (non-hydrogen) atoms. The maximum atomic E-state index is 5.99. The van der Waals surface area contributed by atoms with Gasteiger partial charge in [0, 0.05) is 29.7 Å². The van der Waals surface area contributed by atoms with Crippen molar-refractivity contribution in [2.24, 2.45) is 0 Å². The number of hydrogen-bond acceptors (Lipinski definition) is 2. The van der Waals surface area contributed by atoms with E-state index in [9.17, 15) is 0 Å². The molecular weight excluding hydrogens is 296 g/mol. The Bertz CT molecular complexity index is 971. The third-order valence-electron chi connectivity index (χ3n) is 4.27. The molecule has 3 heteroatoms. The van der Waals surface area contributed by atoms with Crippen LogP contribution in [0.1, 0.15) is 26.3 Å². The van der Waals surface area contributed by atoms with Gasteiger partial charge in [-0.3, -0.25) is 0 Å². The Morgan fingerprint density at radius 2 is 1.62 bits per heavy atom. The molecule has 0 amide bonds. The summed E-state index contributed by atoms with van der Waals surface area (Å²) in [6.45, 7) is 6.64. The lowest BCUT2D eigenvalue weighted by molar-refractivity contribution is 0.589. The van der Waals surface area contributed by atoms with Gasteiger partial charge in [-0.05, 0) is 47.4 Å². The Balaban J connectivity index is 1.72. The first-order chi connectivity index (χ1) is 11.5. The zero-order valence-corrected chi connectivity index (χ0v) is 14.2. The predicted molar refractivity (Wildman–Crippen MR) is 97.5 cm³/mol. The maximum Gasteiger partial charge on any atom is 0.227 e. The van der Waals surface area contributed by atoms with E-state index in [4.69, 9.17) is 4.42 Å². The van der Waals surface area contributed by atoms with E-state index in [-0.39, 0.29) is 5.41 Å². The third-order valence-corrected chi connectivity index (χ3v) is 4.27. The average molecular weight is 316 g/mol. The number of nitrogens with zero attached hydrogens (tertiary/aromatic N) is 2. The maximum absolute atomic E-state index is 5.99. The fourth-order valence-electron chi connectivity index (χ4n) is 2.82. The molecule has 3 nitrogen and oxygen atoms in total. The molecule has 0 saturated carbocycles. The van der Waals surface area contributed by atoms with E-state index in [2.05, 4.69) is 60.7 Å². The van der Waals surface area contributed by atoms with Crippen LogP contribution < -0.4 is 0 Å². The van der Waals surface area contributed by atoms with Crippen LogP contribution in [0.25, 0.3) is 28.2 Å². The first kappa shape index (κ1) is 14.8. The summed E-state index contributed by atoms with van der Waals surface area (Å²) in [6.07, 6.45) is 4.04. The first-order valence-corrected chi connectivity index (χ1v) is 8.15. The molecule has 0 aliphatic rings. The quantitative estimate of drug-likeness (QED) is 0.483. The predicted octanol–water partition coefficient (Wildman–Crippen LogP) is 5.58. The SMILES string of the molecule is CC(C)(C)c1ccc(-c2nc3ccc(-n4cccc4)cc3o2)cc1. The van der Waals surface area contributed by atoms with Crippen molar-refractivity contribution in [2.45, 2.75) is 26.2 Å². The Morgan fingerprint density at radius 3 is 2.29 bits per heavy atom. The van der Waals surface area contributed by atoms with Crippen LogP contribution in [0, 0.1) is 0 Å². The monoisotopic (exact) mass is 316 g/mol. The molecule has 4 rings (SSSR count). The van der Waals surface area contributed by atoms with Crippen LogP contribution in [0.3, 0.4) is 0 Å². The normalized spacial score (nSPS) is 12.0. The van der Waals surface area contributed by atoms with Crippen molar-refractivity contribution in [3.05, 3.63) is 72.6 Å². The topological polar surface area (TPSA) is 31.0 Å². The Morgan fingerprint density at radius 1 is 0.917 bits per heavy atom. The highest BCUT2D eigenvalue weighted by atomic mass is 16.3. The average Bonchev–Trinajstić information content (AvgIpc) is 3.23. The summed E-state index contributed by atoms with van der Waals surface area (Å²) in [5.41, 5.74) is 5.19. The second-order valence-electron chi connectivity index (χ2n) is 7.09. The molecule has 4 aromatic rings. The van der Waals surface area contributed by atoms with Gasteiger partial charge in [0.25, 0.3) is 0 Å². The lowest BCUT2D eigenvalue weighted by Gasteiger charge is -2.18. The van der Waals surface area contributed by atoms with Crippen LogP contribution in [0.5, 0.6) is 0 Å². The lowest BCUT2D eigenvalue weighted by atomic mass is 9.87. The molecule has 0 radical (unpaired) electrons. The van der Waals surface area contributed by atoms with Gasteiger partial charge in [0.2, 0.25) is 5.89 Å². The van der Waals surface area contributed by atoms with E-state index in [1.54, 1.807) is 0 Å². The molecule has 0 saturated heterocycles. The fraction of sp³-hybridized carbons (Fsp3) is 0.190. The Kier molecular flexibility index (Phi) is 3.31. The number of fused-ring (bicyclic) bond motifs is 1. The van der Waals surface area contributed by atoms with Crippen LogP contribution in [0.15, 0.2) is 71.4 Å². The number of hydrogen-bond donors (Lipinski definition) is 0. The number of rotatable bonds is 2. The van der Waals surface area contributed by atoms with Gasteiger partial charge < -0.3 is 8.98 Å². The minimum absolute atomic E-state index is 0.144. The molecule has 0 unspecified atom stereocenters. The Hall–Kier alpha value is -2.81. The van der Waals surface area contributed by atoms with Crippen LogP contribution in [-0.2, 0) is 5.41 Å². The van der Waals surface area contributed by atoms with Crippen molar-refractivity contribution < 1.29 is 4.42 Å². The highest BCUT2D eigenvalue weighted by molar-refractivity contribution is 5.78. The lowest BCUT2D eigenvalue weighted by Crippen LogP contribution is -2.10. The zero-order valence-electron chi connectivity index (χ0n) is 14.2. The molecule has 2 aromatic heterocycles. The highest BCUT2D eigenvalue weighted by Crippen LogP contribution is 2.28. The number of aromatic nitrogens is 2. The summed E-state index contributed by atoms with van der Waals surface area (Å²) in [5, 5.41) is 0. The minimum Gasteiger partial charge on any atom is -0.436 e. The molecule has 2 heterocycles. The fourth-order valence-corrected chi connectivity index (χ4v) is 2.82. The number of benzene rings is 2. The van der Waals surface area contributed by atoms with Crippen LogP contribution in [-0.4, -0.2) is 9.55 Å². The standard InChI is InChI=1S/C21H20N2O/c1-21(2,3)16-8-6-15(7-9-16)20-22-18-11-10-17(14-19(18)24-20)23-12-4-5-13-23/h4-14H,1-3H3. The van der Waals surface area contributed by atoms with Crippen molar-refractivity contribution in [3.63, 3.8) is 0 Å². The van der Waals surface area contributed by atoms with E-state index >= 15 is 0 Å². The van der Waals surface area contributed by atoms with Crippen molar-refractivity contribution >= 4 is 11.1 Å². The van der Waals surface area contributed by atoms with Gasteiger partial charge in [0.05, 0.1) is 0 Å². The molecule has 120 valence electrons. The second-order valence-corrected chi connectivity index (χ2v) is 7.09. The largest absolute Gasteiger partial charge is 0.436 e. The van der Waals surface area contributed by atoms with Gasteiger partial charge in [-0.25, -0.2) is 4.98 Å². The van der Waals surface area contributed by atoms with Gasteiger partial charge in [-0.1, -0.05) is 32.9 Å². The van der Waals surface area contributed by atoms with E-state index in [0.29, 0.717) is 5.89 Å². The smallest absolute Gasteiger partial charge is 0.227 e. The summed E-state index contributed by atoms with van der Waals surface area (Å²) in [4.78, 5) is 4.62. The molecule has 0 bridgehead atoms. The van der Waals surface area contributed by atoms with Crippen molar-refractivity contribution in [2.75, 3.05) is 0 Å². The van der Waals surface area contributed by atoms with E-state index < -0.39 is 0 Å². The van der Waals surface area contributed by atoms with Crippen molar-refractivity contribution in [3.8, 4) is 17.1 Å².